The third-order valence-corrected chi connectivity index (χ3v) is 3.38. The molecule has 110 valence electrons. The molecule has 1 N–H and O–H groups in total. The van der Waals surface area contributed by atoms with Gasteiger partial charge in [0, 0.05) is 25.3 Å². The second-order valence-electron chi connectivity index (χ2n) is 5.51. The summed E-state index contributed by atoms with van der Waals surface area (Å²) >= 11 is 0. The minimum atomic E-state index is -1.16. The molecule has 4 nitrogen and oxygen atoms in total. The van der Waals surface area contributed by atoms with Crippen molar-refractivity contribution in [2.24, 2.45) is 0 Å². The van der Waals surface area contributed by atoms with Crippen molar-refractivity contribution in [3.8, 4) is 0 Å². The molecule has 0 unspecified atom stereocenters. The Morgan fingerprint density at radius 1 is 1.20 bits per heavy atom. The summed E-state index contributed by atoms with van der Waals surface area (Å²) in [4.78, 5) is 11.9. The SMILES string of the molecule is C=C(C)C(=O)NC(C)(OC1=CCCC1)OC1=CCCC1. The second kappa shape index (κ2) is 6.16. The summed E-state index contributed by atoms with van der Waals surface area (Å²) in [5, 5.41) is 2.78. The van der Waals surface area contributed by atoms with E-state index in [0.717, 1.165) is 50.0 Å². The molecule has 1 amide bonds. The van der Waals surface area contributed by atoms with E-state index >= 15 is 0 Å². The van der Waals surface area contributed by atoms with Gasteiger partial charge in [0.05, 0.1) is 11.5 Å². The number of rotatable bonds is 6. The van der Waals surface area contributed by atoms with Crippen LogP contribution in [0.15, 0.2) is 35.8 Å². The van der Waals surface area contributed by atoms with Crippen LogP contribution in [0, 0.1) is 0 Å². The summed E-state index contributed by atoms with van der Waals surface area (Å²) in [5.41, 5.74) is 0.434. The van der Waals surface area contributed by atoms with Crippen molar-refractivity contribution in [2.45, 2.75) is 58.3 Å². The highest BCUT2D eigenvalue weighted by Gasteiger charge is 2.33. The predicted molar refractivity (Wildman–Crippen MR) is 77.4 cm³/mol. The van der Waals surface area contributed by atoms with Gasteiger partial charge < -0.3 is 9.47 Å². The molecule has 0 spiro atoms. The molecule has 0 radical (unpaired) electrons. The largest absolute Gasteiger partial charge is 0.440 e. The number of carbonyl (C=O) groups is 1. The van der Waals surface area contributed by atoms with Crippen molar-refractivity contribution in [1.82, 2.24) is 5.32 Å². The van der Waals surface area contributed by atoms with Crippen LogP contribution in [0.2, 0.25) is 0 Å². The van der Waals surface area contributed by atoms with Crippen LogP contribution < -0.4 is 5.32 Å². The topological polar surface area (TPSA) is 47.6 Å². The lowest BCUT2D eigenvalue weighted by Crippen LogP contribution is -2.50. The Morgan fingerprint density at radius 2 is 1.70 bits per heavy atom. The summed E-state index contributed by atoms with van der Waals surface area (Å²) < 4.78 is 11.8. The van der Waals surface area contributed by atoms with Gasteiger partial charge >= 0.3 is 5.91 Å². The van der Waals surface area contributed by atoms with Crippen LogP contribution in [-0.2, 0) is 14.3 Å². The van der Waals surface area contributed by atoms with Gasteiger partial charge in [-0.25, -0.2) is 0 Å². The molecule has 20 heavy (non-hydrogen) atoms. The van der Waals surface area contributed by atoms with E-state index in [1.165, 1.54) is 0 Å². The molecule has 0 aliphatic heterocycles. The summed E-state index contributed by atoms with van der Waals surface area (Å²) in [6.07, 6.45) is 10.1. The van der Waals surface area contributed by atoms with Crippen LogP contribution >= 0.6 is 0 Å². The molecular formula is C16H23NO3. The van der Waals surface area contributed by atoms with Gasteiger partial charge in [-0.3, -0.25) is 10.1 Å². The van der Waals surface area contributed by atoms with E-state index < -0.39 is 5.91 Å². The second-order valence-corrected chi connectivity index (χ2v) is 5.51. The molecule has 0 aromatic heterocycles. The summed E-state index contributed by atoms with van der Waals surface area (Å²) in [5.74, 6) is 0.341. The third kappa shape index (κ3) is 3.89. The maximum atomic E-state index is 11.9. The van der Waals surface area contributed by atoms with Gasteiger partial charge in [0.2, 0.25) is 0 Å². The van der Waals surface area contributed by atoms with Crippen molar-refractivity contribution in [3.63, 3.8) is 0 Å². The molecule has 0 heterocycles. The number of allylic oxidation sites excluding steroid dienone is 4. The van der Waals surface area contributed by atoms with Crippen molar-refractivity contribution >= 4 is 5.91 Å². The monoisotopic (exact) mass is 277 g/mol. The van der Waals surface area contributed by atoms with Crippen LogP contribution in [0.25, 0.3) is 0 Å². The zero-order chi connectivity index (χ0) is 14.6. The van der Waals surface area contributed by atoms with Gasteiger partial charge in [-0.1, -0.05) is 6.58 Å². The average Bonchev–Trinajstić information content (AvgIpc) is 3.01. The Kier molecular flexibility index (Phi) is 4.53. The maximum Gasteiger partial charge on any atom is 0.334 e. The van der Waals surface area contributed by atoms with Gasteiger partial charge in [-0.15, -0.1) is 0 Å². The molecular weight excluding hydrogens is 254 g/mol. The first-order chi connectivity index (χ1) is 9.48. The van der Waals surface area contributed by atoms with Gasteiger partial charge in [0.25, 0.3) is 5.91 Å². The van der Waals surface area contributed by atoms with Gasteiger partial charge in [0.1, 0.15) is 0 Å². The number of amides is 1. The van der Waals surface area contributed by atoms with E-state index in [2.05, 4.69) is 24.0 Å². The Labute approximate surface area is 120 Å². The highest BCUT2D eigenvalue weighted by molar-refractivity contribution is 5.92. The fourth-order valence-electron chi connectivity index (χ4n) is 2.35. The van der Waals surface area contributed by atoms with E-state index in [9.17, 15) is 4.79 Å². The lowest BCUT2D eigenvalue weighted by atomic mass is 10.3. The van der Waals surface area contributed by atoms with E-state index in [1.54, 1.807) is 13.8 Å². The average molecular weight is 277 g/mol. The van der Waals surface area contributed by atoms with Crippen LogP contribution in [0.1, 0.15) is 52.4 Å². The number of ether oxygens (including phenoxy) is 2. The molecule has 0 saturated heterocycles. The molecule has 2 rings (SSSR count). The van der Waals surface area contributed by atoms with Gasteiger partial charge in [0.15, 0.2) is 0 Å². The van der Waals surface area contributed by atoms with Gasteiger partial charge in [-0.2, -0.15) is 0 Å². The lowest BCUT2D eigenvalue weighted by molar-refractivity contribution is -0.202. The van der Waals surface area contributed by atoms with E-state index in [1.807, 2.05) is 0 Å². The predicted octanol–water partition coefficient (Wildman–Crippen LogP) is 3.52. The summed E-state index contributed by atoms with van der Waals surface area (Å²) in [6.45, 7) is 7.06. The van der Waals surface area contributed by atoms with E-state index in [-0.39, 0.29) is 5.91 Å². The van der Waals surface area contributed by atoms with Crippen molar-refractivity contribution in [1.29, 1.82) is 0 Å². The van der Waals surface area contributed by atoms with Crippen LogP contribution in [0.5, 0.6) is 0 Å². The molecule has 0 atom stereocenters. The van der Waals surface area contributed by atoms with Crippen molar-refractivity contribution in [2.75, 3.05) is 0 Å². The van der Waals surface area contributed by atoms with Crippen LogP contribution in [0.4, 0.5) is 0 Å². The summed E-state index contributed by atoms with van der Waals surface area (Å²) in [6, 6.07) is 0. The Morgan fingerprint density at radius 3 is 2.05 bits per heavy atom. The summed E-state index contributed by atoms with van der Waals surface area (Å²) in [7, 11) is 0. The first-order valence-electron chi connectivity index (χ1n) is 7.23. The maximum absolute atomic E-state index is 11.9. The minimum Gasteiger partial charge on any atom is -0.440 e. The van der Waals surface area contributed by atoms with E-state index in [0.29, 0.717) is 5.57 Å². The molecule has 0 saturated carbocycles. The zero-order valence-electron chi connectivity index (χ0n) is 12.3. The standard InChI is InChI=1S/C16H23NO3/c1-12(2)15(18)17-16(3,19-13-8-4-5-9-13)20-14-10-6-7-11-14/h8,10H,1,4-7,9,11H2,2-3H3,(H,17,18). The lowest BCUT2D eigenvalue weighted by Gasteiger charge is -2.32. The highest BCUT2D eigenvalue weighted by atomic mass is 16.7. The molecule has 0 fully saturated rings. The molecule has 4 heteroatoms. The Hall–Kier alpha value is -1.71. The number of nitrogens with one attached hydrogen (secondary N) is 1. The smallest absolute Gasteiger partial charge is 0.334 e. The Balaban J connectivity index is 2.07. The number of hydrogen-bond acceptors (Lipinski definition) is 3. The number of carbonyl (C=O) groups excluding carboxylic acids is 1. The first kappa shape index (κ1) is 14.7. The fraction of sp³-hybridized carbons (Fsp3) is 0.562. The molecule has 2 aliphatic carbocycles. The molecule has 2 aliphatic rings. The van der Waals surface area contributed by atoms with Crippen LogP contribution in [-0.4, -0.2) is 11.8 Å². The first-order valence-corrected chi connectivity index (χ1v) is 7.23. The molecule has 0 aromatic carbocycles. The minimum absolute atomic E-state index is 0.260. The Bertz CT molecular complexity index is 428. The molecule has 0 aromatic rings. The van der Waals surface area contributed by atoms with E-state index in [4.69, 9.17) is 9.47 Å². The number of hydrogen-bond donors (Lipinski definition) is 1. The third-order valence-electron chi connectivity index (χ3n) is 3.38. The zero-order valence-corrected chi connectivity index (χ0v) is 12.3. The van der Waals surface area contributed by atoms with Crippen molar-refractivity contribution < 1.29 is 14.3 Å². The van der Waals surface area contributed by atoms with Gasteiger partial charge in [-0.05, 0) is 44.8 Å². The molecule has 0 bridgehead atoms. The highest BCUT2D eigenvalue weighted by Crippen LogP contribution is 2.29. The fourth-order valence-corrected chi connectivity index (χ4v) is 2.35. The van der Waals surface area contributed by atoms with Crippen molar-refractivity contribution in [3.05, 3.63) is 35.8 Å². The van der Waals surface area contributed by atoms with Crippen LogP contribution in [0.3, 0.4) is 0 Å². The quantitative estimate of drug-likeness (QED) is 0.597. The normalized spacial score (nSPS) is 18.3.